The second-order valence-electron chi connectivity index (χ2n) is 9.65. The number of fused-ring (bicyclic) bond motifs is 3. The van der Waals surface area contributed by atoms with Crippen LogP contribution in [0.15, 0.2) is 10.5 Å². The van der Waals surface area contributed by atoms with Gasteiger partial charge in [-0.2, -0.15) is 0 Å². The molecular weight excluding hydrogens is 428 g/mol. The molecule has 4 heterocycles. The van der Waals surface area contributed by atoms with Crippen LogP contribution in [0.5, 0.6) is 0 Å². The van der Waals surface area contributed by atoms with Gasteiger partial charge in [-0.15, -0.1) is 0 Å². The summed E-state index contributed by atoms with van der Waals surface area (Å²) in [4.78, 5) is 19.6. The number of anilines is 1. The van der Waals surface area contributed by atoms with Gasteiger partial charge in [-0.25, -0.2) is 9.78 Å². The molecule has 2 amide bonds. The van der Waals surface area contributed by atoms with Crippen LogP contribution < -0.4 is 10.6 Å². The van der Waals surface area contributed by atoms with E-state index in [4.69, 9.17) is 25.7 Å². The van der Waals surface area contributed by atoms with Gasteiger partial charge in [0.15, 0.2) is 5.58 Å². The summed E-state index contributed by atoms with van der Waals surface area (Å²) in [7, 11) is 0. The number of nitrogens with one attached hydrogen (secondary N) is 2. The number of carbonyl (C=O) groups excluding carboxylic acids is 1. The van der Waals surface area contributed by atoms with Crippen molar-refractivity contribution in [2.45, 2.75) is 64.3 Å². The highest BCUT2D eigenvalue weighted by atomic mass is 35.5. The molecular formula is C24H33ClN4O3. The number of halogens is 1. The standard InChI is InChI=1S/C24H33ClN4O3/c25-18-14-19-22(17-6-4-2-1-3-5-10-26-23(30)28-21(17)18)32-20(27-19)15-29-11-7-24(8-12-29)9-13-31-16-24/h14H,1-13,15-16H2,(H2,26,28,30). The molecule has 0 bridgehead atoms. The normalized spacial score (nSPS) is 22.7. The van der Waals surface area contributed by atoms with Crippen LogP contribution in [0.1, 0.15) is 62.8 Å². The van der Waals surface area contributed by atoms with Crippen LogP contribution in [0, 0.1) is 5.41 Å². The van der Waals surface area contributed by atoms with E-state index in [0.29, 0.717) is 29.2 Å². The first kappa shape index (κ1) is 22.0. The number of hydrogen-bond donors (Lipinski definition) is 2. The number of rotatable bonds is 2. The fourth-order valence-electron chi connectivity index (χ4n) is 5.32. The van der Waals surface area contributed by atoms with Gasteiger partial charge in [0.25, 0.3) is 0 Å². The minimum absolute atomic E-state index is 0.217. The van der Waals surface area contributed by atoms with Gasteiger partial charge in [-0.05, 0) is 63.1 Å². The molecule has 1 aromatic heterocycles. The molecule has 3 aliphatic heterocycles. The van der Waals surface area contributed by atoms with Crippen LogP contribution in [0.25, 0.3) is 11.1 Å². The molecule has 0 saturated carbocycles. The summed E-state index contributed by atoms with van der Waals surface area (Å²) in [5.41, 5.74) is 3.54. The lowest BCUT2D eigenvalue weighted by Gasteiger charge is -2.37. The Labute approximate surface area is 194 Å². The Balaban J connectivity index is 1.37. The molecule has 2 N–H and O–H groups in total. The number of oxazole rings is 1. The van der Waals surface area contributed by atoms with Gasteiger partial charge < -0.3 is 19.8 Å². The van der Waals surface area contributed by atoms with Crippen LogP contribution in [-0.2, 0) is 17.7 Å². The lowest BCUT2D eigenvalue weighted by Crippen LogP contribution is -2.40. The predicted octanol–water partition coefficient (Wildman–Crippen LogP) is 5.11. The molecule has 2 fully saturated rings. The fraction of sp³-hybridized carbons (Fsp3) is 0.667. The summed E-state index contributed by atoms with van der Waals surface area (Å²) in [5, 5.41) is 6.41. The molecule has 1 spiro atoms. The summed E-state index contributed by atoms with van der Waals surface area (Å²) in [6.07, 6.45) is 9.85. The monoisotopic (exact) mass is 460 g/mol. The Morgan fingerprint density at radius 1 is 1.12 bits per heavy atom. The maximum atomic E-state index is 12.4. The van der Waals surface area contributed by atoms with Crippen molar-refractivity contribution in [3.05, 3.63) is 22.5 Å². The SMILES string of the molecule is O=C1NCCCCCCCc2c(c(Cl)cc3nc(CN4CCC5(CCOC5)CC4)oc23)N1. The van der Waals surface area contributed by atoms with E-state index in [9.17, 15) is 4.79 Å². The highest BCUT2D eigenvalue weighted by Crippen LogP contribution is 2.40. The Hall–Kier alpha value is -1.83. The molecule has 8 heteroatoms. The zero-order valence-electron chi connectivity index (χ0n) is 18.7. The van der Waals surface area contributed by atoms with Gasteiger partial charge in [-0.3, -0.25) is 4.90 Å². The van der Waals surface area contributed by atoms with E-state index in [0.717, 1.165) is 81.0 Å². The first-order valence-corrected chi connectivity index (χ1v) is 12.5. The largest absolute Gasteiger partial charge is 0.439 e. The topological polar surface area (TPSA) is 79.6 Å². The third kappa shape index (κ3) is 4.75. The van der Waals surface area contributed by atoms with Crippen molar-refractivity contribution in [1.29, 1.82) is 0 Å². The number of aromatic nitrogens is 1. The third-order valence-electron chi connectivity index (χ3n) is 7.36. The van der Waals surface area contributed by atoms with Crippen LogP contribution in [0.3, 0.4) is 0 Å². The maximum Gasteiger partial charge on any atom is 0.319 e. The number of piperidine rings is 1. The second kappa shape index (κ2) is 9.57. The first-order chi connectivity index (χ1) is 15.6. The average Bonchev–Trinajstić information content (AvgIpc) is 3.39. The van der Waals surface area contributed by atoms with Gasteiger partial charge >= 0.3 is 6.03 Å². The molecule has 0 unspecified atom stereocenters. The lowest BCUT2D eigenvalue weighted by atomic mass is 9.78. The Bertz CT molecular complexity index is 960. The number of benzene rings is 1. The zero-order valence-corrected chi connectivity index (χ0v) is 19.4. The number of hydrogen-bond acceptors (Lipinski definition) is 5. The number of nitrogens with zero attached hydrogens (tertiary/aromatic N) is 2. The van der Waals surface area contributed by atoms with Crippen molar-refractivity contribution < 1.29 is 13.9 Å². The number of aryl methyl sites for hydroxylation is 1. The average molecular weight is 461 g/mol. The molecule has 1 aromatic carbocycles. The summed E-state index contributed by atoms with van der Waals surface area (Å²) >= 11 is 6.60. The third-order valence-corrected chi connectivity index (χ3v) is 7.66. The van der Waals surface area contributed by atoms with Gasteiger partial charge in [0.05, 0.1) is 23.9 Å². The molecule has 32 heavy (non-hydrogen) atoms. The number of urea groups is 1. The molecule has 0 radical (unpaired) electrons. The Morgan fingerprint density at radius 2 is 1.94 bits per heavy atom. The van der Waals surface area contributed by atoms with Crippen molar-refractivity contribution in [2.24, 2.45) is 5.41 Å². The molecule has 5 rings (SSSR count). The summed E-state index contributed by atoms with van der Waals surface area (Å²) in [6.45, 7) is 5.28. The predicted molar refractivity (Wildman–Crippen MR) is 125 cm³/mol. The Morgan fingerprint density at radius 3 is 2.75 bits per heavy atom. The molecule has 2 saturated heterocycles. The summed E-state index contributed by atoms with van der Waals surface area (Å²) in [6, 6.07) is 1.60. The zero-order chi connectivity index (χ0) is 22.0. The first-order valence-electron chi connectivity index (χ1n) is 12.1. The molecule has 174 valence electrons. The number of likely N-dealkylation sites (tertiary alicyclic amines) is 1. The quantitative estimate of drug-likeness (QED) is 0.650. The number of amides is 2. The van der Waals surface area contributed by atoms with E-state index in [-0.39, 0.29) is 6.03 Å². The van der Waals surface area contributed by atoms with E-state index >= 15 is 0 Å². The molecule has 2 aromatic rings. The molecule has 3 aliphatic rings. The summed E-state index contributed by atoms with van der Waals surface area (Å²) in [5.74, 6) is 0.721. The van der Waals surface area contributed by atoms with Crippen molar-refractivity contribution >= 4 is 34.4 Å². The van der Waals surface area contributed by atoms with E-state index in [2.05, 4.69) is 15.5 Å². The van der Waals surface area contributed by atoms with Crippen molar-refractivity contribution in [1.82, 2.24) is 15.2 Å². The van der Waals surface area contributed by atoms with Gasteiger partial charge in [0, 0.05) is 18.7 Å². The van der Waals surface area contributed by atoms with E-state index in [1.165, 1.54) is 25.7 Å². The molecule has 0 atom stereocenters. The van der Waals surface area contributed by atoms with Crippen molar-refractivity contribution in [2.75, 3.05) is 38.2 Å². The van der Waals surface area contributed by atoms with Crippen molar-refractivity contribution in [3.63, 3.8) is 0 Å². The van der Waals surface area contributed by atoms with Gasteiger partial charge in [-0.1, -0.05) is 30.9 Å². The van der Waals surface area contributed by atoms with Crippen LogP contribution in [-0.4, -0.2) is 48.8 Å². The van der Waals surface area contributed by atoms with E-state index in [1.54, 1.807) is 0 Å². The van der Waals surface area contributed by atoms with Gasteiger partial charge in [0.2, 0.25) is 5.89 Å². The van der Waals surface area contributed by atoms with Crippen LogP contribution >= 0.6 is 11.6 Å². The summed E-state index contributed by atoms with van der Waals surface area (Å²) < 4.78 is 12.0. The highest BCUT2D eigenvalue weighted by molar-refractivity contribution is 6.34. The lowest BCUT2D eigenvalue weighted by molar-refractivity contribution is 0.0735. The maximum absolute atomic E-state index is 12.4. The minimum Gasteiger partial charge on any atom is -0.439 e. The van der Waals surface area contributed by atoms with Gasteiger partial charge in [0.1, 0.15) is 5.52 Å². The fourth-order valence-corrected chi connectivity index (χ4v) is 5.59. The molecule has 0 aliphatic carbocycles. The smallest absolute Gasteiger partial charge is 0.319 e. The number of ether oxygens (including phenoxy) is 1. The van der Waals surface area contributed by atoms with Crippen molar-refractivity contribution in [3.8, 4) is 0 Å². The minimum atomic E-state index is -0.217. The van der Waals surface area contributed by atoms with E-state index in [1.807, 2.05) is 6.07 Å². The van der Waals surface area contributed by atoms with Crippen LogP contribution in [0.4, 0.5) is 10.5 Å². The highest BCUT2D eigenvalue weighted by Gasteiger charge is 2.38. The number of carbonyl (C=O) groups is 1. The Kier molecular flexibility index (Phi) is 6.58. The van der Waals surface area contributed by atoms with Crippen LogP contribution in [0.2, 0.25) is 5.02 Å². The molecule has 7 nitrogen and oxygen atoms in total. The second-order valence-corrected chi connectivity index (χ2v) is 10.1. The van der Waals surface area contributed by atoms with E-state index < -0.39 is 0 Å².